The Morgan fingerprint density at radius 2 is 1.57 bits per heavy atom. The Morgan fingerprint density at radius 3 is 2.13 bits per heavy atom. The van der Waals surface area contributed by atoms with Crippen LogP contribution in [-0.2, 0) is 20.0 Å². The van der Waals surface area contributed by atoms with Crippen LogP contribution in [-0.4, -0.2) is 49.9 Å². The third-order valence-corrected chi connectivity index (χ3v) is 5.88. The molecule has 1 aromatic rings. The first-order valence-electron chi connectivity index (χ1n) is 6.94. The van der Waals surface area contributed by atoms with Crippen LogP contribution in [0.1, 0.15) is 13.3 Å². The van der Waals surface area contributed by atoms with Crippen molar-refractivity contribution in [1.29, 1.82) is 0 Å². The molecule has 23 heavy (non-hydrogen) atoms. The molecule has 0 aliphatic rings. The summed E-state index contributed by atoms with van der Waals surface area (Å²) in [6.07, 6.45) is 0.339. The van der Waals surface area contributed by atoms with Crippen LogP contribution < -0.4 is 18.9 Å². The van der Waals surface area contributed by atoms with E-state index in [1.54, 1.807) is 0 Å². The van der Waals surface area contributed by atoms with Crippen molar-refractivity contribution in [3.63, 3.8) is 0 Å². The maximum Gasteiger partial charge on any atom is 0.240 e. The summed E-state index contributed by atoms with van der Waals surface area (Å²) in [6, 6.07) is 4.27. The Balaban J connectivity index is 2.63. The minimum absolute atomic E-state index is 0.00955. The summed E-state index contributed by atoms with van der Waals surface area (Å²) < 4.78 is 61.7. The standard InChI is InChI=1S/C13H22N2O6S2/c1-4-22(16,17)14-8-5-9-15-23(18,19)11-6-7-12(20-2)13(10-11)21-3/h6-7,10,14-15H,4-5,8-9H2,1-3H3. The summed E-state index contributed by atoms with van der Waals surface area (Å²) in [5.41, 5.74) is 0. The fraction of sp³-hybridized carbons (Fsp3) is 0.538. The van der Waals surface area contributed by atoms with Gasteiger partial charge in [-0.3, -0.25) is 0 Å². The average molecular weight is 366 g/mol. The number of hydrogen-bond acceptors (Lipinski definition) is 6. The Kier molecular flexibility index (Phi) is 7.26. The number of methoxy groups -OCH3 is 2. The van der Waals surface area contributed by atoms with Gasteiger partial charge in [0.2, 0.25) is 20.0 Å². The van der Waals surface area contributed by atoms with E-state index >= 15 is 0 Å². The molecule has 2 N–H and O–H groups in total. The Hall–Kier alpha value is -1.36. The zero-order chi connectivity index (χ0) is 17.5. The lowest BCUT2D eigenvalue weighted by atomic mass is 10.3. The predicted molar refractivity (Wildman–Crippen MR) is 86.8 cm³/mol. The lowest BCUT2D eigenvalue weighted by molar-refractivity contribution is 0.354. The maximum atomic E-state index is 12.2. The van der Waals surface area contributed by atoms with E-state index in [-0.39, 0.29) is 23.7 Å². The van der Waals surface area contributed by atoms with E-state index < -0.39 is 20.0 Å². The molecule has 0 atom stereocenters. The number of ether oxygens (including phenoxy) is 2. The molecule has 0 spiro atoms. The molecular formula is C13H22N2O6S2. The zero-order valence-corrected chi connectivity index (χ0v) is 15.0. The molecule has 0 aliphatic carbocycles. The van der Waals surface area contributed by atoms with E-state index in [1.165, 1.54) is 39.3 Å². The van der Waals surface area contributed by atoms with Crippen molar-refractivity contribution >= 4 is 20.0 Å². The van der Waals surface area contributed by atoms with Gasteiger partial charge in [-0.15, -0.1) is 0 Å². The zero-order valence-electron chi connectivity index (χ0n) is 13.3. The highest BCUT2D eigenvalue weighted by molar-refractivity contribution is 7.89. The third-order valence-electron chi connectivity index (χ3n) is 3.01. The second kappa shape index (κ2) is 8.48. The van der Waals surface area contributed by atoms with Gasteiger partial charge in [0, 0.05) is 19.2 Å². The highest BCUT2D eigenvalue weighted by Crippen LogP contribution is 2.29. The number of hydrogen-bond donors (Lipinski definition) is 2. The third kappa shape index (κ3) is 5.98. The van der Waals surface area contributed by atoms with Crippen LogP contribution in [0.25, 0.3) is 0 Å². The van der Waals surface area contributed by atoms with E-state index in [2.05, 4.69) is 9.44 Å². The Morgan fingerprint density at radius 1 is 0.957 bits per heavy atom. The summed E-state index contributed by atoms with van der Waals surface area (Å²) in [6.45, 7) is 1.82. The van der Waals surface area contributed by atoms with Gasteiger partial charge in [0.05, 0.1) is 24.9 Å². The van der Waals surface area contributed by atoms with Crippen LogP contribution in [0.5, 0.6) is 11.5 Å². The minimum Gasteiger partial charge on any atom is -0.493 e. The second-order valence-electron chi connectivity index (χ2n) is 4.57. The number of rotatable bonds is 10. The molecule has 0 unspecified atom stereocenters. The van der Waals surface area contributed by atoms with Gasteiger partial charge in [-0.25, -0.2) is 26.3 Å². The molecule has 0 saturated carbocycles. The summed E-state index contributed by atoms with van der Waals surface area (Å²) in [5, 5.41) is 0. The van der Waals surface area contributed by atoms with Gasteiger partial charge in [-0.2, -0.15) is 0 Å². The van der Waals surface area contributed by atoms with E-state index in [9.17, 15) is 16.8 Å². The van der Waals surface area contributed by atoms with Crippen LogP contribution in [0.2, 0.25) is 0 Å². The maximum absolute atomic E-state index is 12.2. The van der Waals surface area contributed by atoms with Crippen molar-refractivity contribution in [2.75, 3.05) is 33.1 Å². The van der Waals surface area contributed by atoms with Crippen LogP contribution in [0.4, 0.5) is 0 Å². The summed E-state index contributed by atoms with van der Waals surface area (Å²) >= 11 is 0. The Labute approximate surface area is 137 Å². The first kappa shape index (κ1) is 19.7. The number of benzene rings is 1. The van der Waals surface area contributed by atoms with E-state index in [4.69, 9.17) is 9.47 Å². The van der Waals surface area contributed by atoms with Gasteiger partial charge in [-0.05, 0) is 25.5 Å². The first-order chi connectivity index (χ1) is 10.8. The average Bonchev–Trinajstić information content (AvgIpc) is 2.53. The molecule has 1 rings (SSSR count). The largest absolute Gasteiger partial charge is 0.493 e. The molecule has 132 valence electrons. The van der Waals surface area contributed by atoms with Crippen molar-refractivity contribution in [3.8, 4) is 11.5 Å². The first-order valence-corrected chi connectivity index (χ1v) is 10.1. The lowest BCUT2D eigenvalue weighted by Crippen LogP contribution is -2.30. The van der Waals surface area contributed by atoms with Crippen LogP contribution >= 0.6 is 0 Å². The monoisotopic (exact) mass is 366 g/mol. The molecule has 1 aromatic carbocycles. The molecule has 8 nitrogen and oxygen atoms in total. The van der Waals surface area contributed by atoms with Gasteiger partial charge in [0.25, 0.3) is 0 Å². The molecule has 0 aliphatic heterocycles. The van der Waals surface area contributed by atoms with E-state index in [0.717, 1.165) is 0 Å². The van der Waals surface area contributed by atoms with Crippen LogP contribution in [0.15, 0.2) is 23.1 Å². The smallest absolute Gasteiger partial charge is 0.240 e. The van der Waals surface area contributed by atoms with Crippen molar-refractivity contribution < 1.29 is 26.3 Å². The normalized spacial score (nSPS) is 12.1. The van der Waals surface area contributed by atoms with Crippen molar-refractivity contribution in [1.82, 2.24) is 9.44 Å². The summed E-state index contributed by atoms with van der Waals surface area (Å²) in [4.78, 5) is 0.0456. The summed E-state index contributed by atoms with van der Waals surface area (Å²) in [5.74, 6) is 0.733. The topological polar surface area (TPSA) is 111 Å². The van der Waals surface area contributed by atoms with Crippen LogP contribution in [0, 0.1) is 0 Å². The van der Waals surface area contributed by atoms with E-state index in [0.29, 0.717) is 17.9 Å². The molecule has 0 fully saturated rings. The van der Waals surface area contributed by atoms with Gasteiger partial charge in [0.1, 0.15) is 0 Å². The molecule has 0 amide bonds. The molecule has 10 heteroatoms. The number of sulfonamides is 2. The SMILES string of the molecule is CCS(=O)(=O)NCCCNS(=O)(=O)c1ccc(OC)c(OC)c1. The van der Waals surface area contributed by atoms with Gasteiger partial charge in [0.15, 0.2) is 11.5 Å². The predicted octanol–water partition coefficient (Wildman–Crippen LogP) is 0.312. The summed E-state index contributed by atoms with van der Waals surface area (Å²) in [7, 11) is -4.09. The molecule has 0 saturated heterocycles. The highest BCUT2D eigenvalue weighted by atomic mass is 32.2. The van der Waals surface area contributed by atoms with Crippen LogP contribution in [0.3, 0.4) is 0 Å². The molecule has 0 radical (unpaired) electrons. The van der Waals surface area contributed by atoms with E-state index in [1.807, 2.05) is 0 Å². The quantitative estimate of drug-likeness (QED) is 0.577. The van der Waals surface area contributed by atoms with Gasteiger partial charge < -0.3 is 9.47 Å². The molecule has 0 aromatic heterocycles. The minimum atomic E-state index is -3.70. The highest BCUT2D eigenvalue weighted by Gasteiger charge is 2.16. The fourth-order valence-corrected chi connectivity index (χ4v) is 3.44. The van der Waals surface area contributed by atoms with Crippen molar-refractivity contribution in [2.24, 2.45) is 0 Å². The molecular weight excluding hydrogens is 344 g/mol. The Bertz CT molecular complexity index is 716. The number of nitrogens with one attached hydrogen (secondary N) is 2. The molecule has 0 heterocycles. The lowest BCUT2D eigenvalue weighted by Gasteiger charge is -2.11. The van der Waals surface area contributed by atoms with Crippen molar-refractivity contribution in [3.05, 3.63) is 18.2 Å². The van der Waals surface area contributed by atoms with Gasteiger partial charge in [-0.1, -0.05) is 0 Å². The fourth-order valence-electron chi connectivity index (χ4n) is 1.69. The molecule has 0 bridgehead atoms. The van der Waals surface area contributed by atoms with Gasteiger partial charge >= 0.3 is 0 Å². The second-order valence-corrected chi connectivity index (χ2v) is 8.43. The van der Waals surface area contributed by atoms with Crippen molar-refractivity contribution in [2.45, 2.75) is 18.2 Å².